The zero-order valence-electron chi connectivity index (χ0n) is 12.9. The van der Waals surface area contributed by atoms with E-state index in [1.54, 1.807) is 0 Å². The largest absolute Gasteiger partial charge is 0.459 e. The Balaban J connectivity index is 1.88. The van der Waals surface area contributed by atoms with Gasteiger partial charge in [-0.15, -0.1) is 0 Å². The summed E-state index contributed by atoms with van der Waals surface area (Å²) in [6.07, 6.45) is 0. The molecule has 1 aliphatic heterocycles. The van der Waals surface area contributed by atoms with Gasteiger partial charge in [0, 0.05) is 41.6 Å². The Kier molecular flexibility index (Phi) is 4.88. The van der Waals surface area contributed by atoms with Crippen LogP contribution in [0.5, 0.6) is 0 Å². The molecule has 1 N–H and O–H groups in total. The fourth-order valence-corrected chi connectivity index (χ4v) is 3.98. The summed E-state index contributed by atoms with van der Waals surface area (Å²) in [5.74, 6) is 3.59. The fourth-order valence-electron chi connectivity index (χ4n) is 2.90. The first kappa shape index (κ1) is 14.9. The number of nitrogens with one attached hydrogen (secondary N) is 1. The van der Waals surface area contributed by atoms with Gasteiger partial charge in [-0.2, -0.15) is 11.8 Å². The van der Waals surface area contributed by atoms with Gasteiger partial charge in [0.1, 0.15) is 11.3 Å². The number of hydrogen-bond acceptors (Lipinski definition) is 4. The molecular weight excluding hydrogens is 280 g/mol. The molecule has 1 aromatic carbocycles. The number of rotatable bonds is 5. The highest BCUT2D eigenvalue weighted by molar-refractivity contribution is 7.99. The van der Waals surface area contributed by atoms with E-state index in [2.05, 4.69) is 54.0 Å². The molecule has 21 heavy (non-hydrogen) atoms. The Labute approximate surface area is 131 Å². The van der Waals surface area contributed by atoms with Crippen molar-refractivity contribution in [2.24, 2.45) is 0 Å². The van der Waals surface area contributed by atoms with Crippen LogP contribution in [-0.2, 0) is 13.1 Å². The lowest BCUT2D eigenvalue weighted by Gasteiger charge is -2.32. The predicted molar refractivity (Wildman–Crippen MR) is 90.8 cm³/mol. The number of hydrogen-bond donors (Lipinski definition) is 1. The topological polar surface area (TPSA) is 28.4 Å². The average Bonchev–Trinajstić information content (AvgIpc) is 2.85. The number of thioether (sulfide) groups is 1. The lowest BCUT2D eigenvalue weighted by molar-refractivity contribution is 0.207. The van der Waals surface area contributed by atoms with E-state index < -0.39 is 0 Å². The molecule has 2 aromatic rings. The monoisotopic (exact) mass is 304 g/mol. The van der Waals surface area contributed by atoms with Crippen molar-refractivity contribution in [3.8, 4) is 0 Å². The molecule has 2 heterocycles. The number of para-hydroxylation sites is 1. The second kappa shape index (κ2) is 6.86. The Morgan fingerprint density at radius 2 is 2.24 bits per heavy atom. The van der Waals surface area contributed by atoms with Crippen molar-refractivity contribution in [2.75, 3.05) is 24.6 Å². The summed E-state index contributed by atoms with van der Waals surface area (Å²) in [7, 11) is 0. The fraction of sp³-hybridized carbons (Fsp3) is 0.529. The summed E-state index contributed by atoms with van der Waals surface area (Å²) in [4.78, 5) is 2.55. The molecule has 0 radical (unpaired) electrons. The van der Waals surface area contributed by atoms with E-state index in [-0.39, 0.29) is 0 Å². The van der Waals surface area contributed by atoms with Crippen molar-refractivity contribution in [2.45, 2.75) is 33.0 Å². The molecule has 0 saturated carbocycles. The number of fused-ring (bicyclic) bond motifs is 1. The lowest BCUT2D eigenvalue weighted by Crippen LogP contribution is -2.39. The van der Waals surface area contributed by atoms with Gasteiger partial charge in [-0.05, 0) is 19.5 Å². The van der Waals surface area contributed by atoms with Gasteiger partial charge in [0.05, 0.1) is 6.54 Å². The summed E-state index contributed by atoms with van der Waals surface area (Å²) in [5.41, 5.74) is 2.34. The van der Waals surface area contributed by atoms with Crippen LogP contribution >= 0.6 is 11.8 Å². The Morgan fingerprint density at radius 1 is 1.38 bits per heavy atom. The van der Waals surface area contributed by atoms with E-state index in [4.69, 9.17) is 4.42 Å². The van der Waals surface area contributed by atoms with Gasteiger partial charge in [-0.25, -0.2) is 0 Å². The standard InChI is InChI=1S/C17H24N2OS/c1-3-18-10-15-14-6-4-5-7-16(14)20-17(15)11-19-8-9-21-12-13(19)2/h4-7,13,18H,3,8-12H2,1-2H3. The zero-order chi connectivity index (χ0) is 14.7. The van der Waals surface area contributed by atoms with Crippen LogP contribution in [0, 0.1) is 0 Å². The van der Waals surface area contributed by atoms with Crippen LogP contribution in [0.25, 0.3) is 11.0 Å². The lowest BCUT2D eigenvalue weighted by atomic mass is 10.1. The van der Waals surface area contributed by atoms with E-state index in [0.29, 0.717) is 6.04 Å². The highest BCUT2D eigenvalue weighted by Crippen LogP contribution is 2.28. The van der Waals surface area contributed by atoms with Crippen molar-refractivity contribution in [1.29, 1.82) is 0 Å². The van der Waals surface area contributed by atoms with Crippen molar-refractivity contribution >= 4 is 22.7 Å². The molecule has 3 rings (SSSR count). The molecular formula is C17H24N2OS. The maximum atomic E-state index is 6.16. The number of benzene rings is 1. The highest BCUT2D eigenvalue weighted by atomic mass is 32.2. The van der Waals surface area contributed by atoms with Crippen LogP contribution in [0.15, 0.2) is 28.7 Å². The first-order valence-electron chi connectivity index (χ1n) is 7.81. The van der Waals surface area contributed by atoms with Gasteiger partial charge in [-0.1, -0.05) is 25.1 Å². The van der Waals surface area contributed by atoms with Gasteiger partial charge in [0.15, 0.2) is 0 Å². The van der Waals surface area contributed by atoms with Crippen LogP contribution < -0.4 is 5.32 Å². The molecule has 4 heteroatoms. The maximum absolute atomic E-state index is 6.16. The molecule has 1 fully saturated rings. The molecule has 3 nitrogen and oxygen atoms in total. The van der Waals surface area contributed by atoms with Gasteiger partial charge in [0.25, 0.3) is 0 Å². The quantitative estimate of drug-likeness (QED) is 0.915. The van der Waals surface area contributed by atoms with Crippen LogP contribution in [0.1, 0.15) is 25.2 Å². The van der Waals surface area contributed by atoms with E-state index in [1.165, 1.54) is 22.5 Å². The first-order valence-corrected chi connectivity index (χ1v) is 8.97. The summed E-state index contributed by atoms with van der Waals surface area (Å²) in [5, 5.41) is 4.71. The van der Waals surface area contributed by atoms with E-state index >= 15 is 0 Å². The highest BCUT2D eigenvalue weighted by Gasteiger charge is 2.22. The van der Waals surface area contributed by atoms with Crippen LogP contribution in [0.4, 0.5) is 0 Å². The third kappa shape index (κ3) is 3.28. The van der Waals surface area contributed by atoms with E-state index in [1.807, 2.05) is 6.07 Å². The minimum Gasteiger partial charge on any atom is -0.459 e. The average molecular weight is 304 g/mol. The Hall–Kier alpha value is -0.970. The minimum atomic E-state index is 0.629. The Bertz CT molecular complexity index is 595. The zero-order valence-corrected chi connectivity index (χ0v) is 13.7. The van der Waals surface area contributed by atoms with Gasteiger partial charge >= 0.3 is 0 Å². The molecule has 0 spiro atoms. The molecule has 0 aliphatic carbocycles. The smallest absolute Gasteiger partial charge is 0.134 e. The SMILES string of the molecule is CCNCc1c(CN2CCSCC2C)oc2ccccc12. The molecule has 1 aliphatic rings. The summed E-state index contributed by atoms with van der Waals surface area (Å²) in [6, 6.07) is 9.02. The second-order valence-electron chi connectivity index (χ2n) is 5.67. The van der Waals surface area contributed by atoms with E-state index in [9.17, 15) is 0 Å². The van der Waals surface area contributed by atoms with Gasteiger partial charge < -0.3 is 9.73 Å². The number of nitrogens with zero attached hydrogens (tertiary/aromatic N) is 1. The van der Waals surface area contributed by atoms with Crippen LogP contribution in [0.3, 0.4) is 0 Å². The molecule has 1 saturated heterocycles. The Morgan fingerprint density at radius 3 is 3.05 bits per heavy atom. The molecule has 1 unspecified atom stereocenters. The minimum absolute atomic E-state index is 0.629. The predicted octanol–water partition coefficient (Wildman–Crippen LogP) is 3.48. The first-order chi connectivity index (χ1) is 10.3. The molecule has 0 amide bonds. The van der Waals surface area contributed by atoms with Gasteiger partial charge in [-0.3, -0.25) is 4.90 Å². The van der Waals surface area contributed by atoms with Crippen LogP contribution in [-0.4, -0.2) is 35.5 Å². The van der Waals surface area contributed by atoms with Crippen molar-refractivity contribution in [3.05, 3.63) is 35.6 Å². The summed E-state index contributed by atoms with van der Waals surface area (Å²) < 4.78 is 6.16. The van der Waals surface area contributed by atoms with Crippen molar-refractivity contribution in [1.82, 2.24) is 10.2 Å². The molecule has 0 bridgehead atoms. The third-order valence-electron chi connectivity index (χ3n) is 4.19. The summed E-state index contributed by atoms with van der Waals surface area (Å²) in [6.45, 7) is 8.42. The molecule has 114 valence electrons. The summed E-state index contributed by atoms with van der Waals surface area (Å²) >= 11 is 2.06. The van der Waals surface area contributed by atoms with Crippen molar-refractivity contribution in [3.63, 3.8) is 0 Å². The molecule has 1 atom stereocenters. The van der Waals surface area contributed by atoms with Crippen molar-refractivity contribution < 1.29 is 4.42 Å². The third-order valence-corrected chi connectivity index (χ3v) is 5.37. The van der Waals surface area contributed by atoms with E-state index in [0.717, 1.165) is 37.5 Å². The van der Waals surface area contributed by atoms with Gasteiger partial charge in [0.2, 0.25) is 0 Å². The second-order valence-corrected chi connectivity index (χ2v) is 6.82. The normalized spacial score (nSPS) is 20.2. The number of furan rings is 1. The molecule has 1 aromatic heterocycles. The maximum Gasteiger partial charge on any atom is 0.134 e. The van der Waals surface area contributed by atoms with Crippen LogP contribution in [0.2, 0.25) is 0 Å².